The Bertz CT molecular complexity index is 213. The van der Waals surface area contributed by atoms with Gasteiger partial charge >= 0.3 is 0 Å². The molecule has 0 aromatic rings. The molecule has 0 aromatic carbocycles. The quantitative estimate of drug-likeness (QED) is 0.484. The number of carbonyl (C=O) groups is 1. The number of unbranched alkanes of at least 4 members (excludes halogenated alkanes) is 1. The molecule has 0 saturated heterocycles. The highest BCUT2D eigenvalue weighted by Crippen LogP contribution is 2.17. The van der Waals surface area contributed by atoms with Gasteiger partial charge in [-0.05, 0) is 32.2 Å². The molecule has 0 aromatic heterocycles. The van der Waals surface area contributed by atoms with Crippen molar-refractivity contribution in [2.75, 3.05) is 6.54 Å². The van der Waals surface area contributed by atoms with Gasteiger partial charge < -0.3 is 16.8 Å². The molecule has 4 nitrogen and oxygen atoms in total. The second kappa shape index (κ2) is 8.48. The molecule has 1 aliphatic carbocycles. The van der Waals surface area contributed by atoms with Crippen LogP contribution in [-0.4, -0.2) is 24.5 Å². The Hall–Kier alpha value is -0.610. The van der Waals surface area contributed by atoms with Crippen molar-refractivity contribution in [2.45, 2.75) is 69.9 Å². The van der Waals surface area contributed by atoms with Crippen molar-refractivity contribution < 1.29 is 4.79 Å². The molecule has 0 bridgehead atoms. The third-order valence-corrected chi connectivity index (χ3v) is 3.51. The largest absolute Gasteiger partial charge is 0.352 e. The van der Waals surface area contributed by atoms with Crippen LogP contribution >= 0.6 is 0 Å². The van der Waals surface area contributed by atoms with E-state index in [2.05, 4.69) is 5.32 Å². The van der Waals surface area contributed by atoms with Crippen molar-refractivity contribution in [3.8, 4) is 0 Å². The average Bonchev–Trinajstić information content (AvgIpc) is 2.57. The van der Waals surface area contributed by atoms with E-state index in [9.17, 15) is 4.79 Å². The predicted octanol–water partition coefficient (Wildman–Crippen LogP) is 1.28. The first-order chi connectivity index (χ1) is 8.24. The van der Waals surface area contributed by atoms with Gasteiger partial charge in [0.1, 0.15) is 0 Å². The molecule has 1 fully saturated rings. The lowest BCUT2D eigenvalue weighted by atomic mass is 10.1. The van der Waals surface area contributed by atoms with Crippen LogP contribution in [0.3, 0.4) is 0 Å². The SMILES string of the molecule is NCCCCC(N)C(=O)NC1CCCCCC1. The highest BCUT2D eigenvalue weighted by molar-refractivity contribution is 5.81. The lowest BCUT2D eigenvalue weighted by Gasteiger charge is -2.19. The van der Waals surface area contributed by atoms with Crippen LogP contribution in [0.5, 0.6) is 0 Å². The van der Waals surface area contributed by atoms with Crippen molar-refractivity contribution in [3.63, 3.8) is 0 Å². The average molecular weight is 241 g/mol. The third kappa shape index (κ3) is 6.03. The first kappa shape index (κ1) is 14.5. The van der Waals surface area contributed by atoms with Gasteiger partial charge in [-0.3, -0.25) is 4.79 Å². The van der Waals surface area contributed by atoms with Gasteiger partial charge in [0.05, 0.1) is 6.04 Å². The van der Waals surface area contributed by atoms with E-state index in [-0.39, 0.29) is 11.9 Å². The van der Waals surface area contributed by atoms with E-state index in [1.54, 1.807) is 0 Å². The smallest absolute Gasteiger partial charge is 0.237 e. The molecule has 1 aliphatic rings. The molecule has 1 unspecified atom stereocenters. The van der Waals surface area contributed by atoms with Gasteiger partial charge in [0.2, 0.25) is 5.91 Å². The fraction of sp³-hybridized carbons (Fsp3) is 0.923. The van der Waals surface area contributed by atoms with Gasteiger partial charge in [0.15, 0.2) is 0 Å². The summed E-state index contributed by atoms with van der Waals surface area (Å²) < 4.78 is 0. The molecule has 1 rings (SSSR count). The van der Waals surface area contributed by atoms with Crippen LogP contribution in [0, 0.1) is 0 Å². The van der Waals surface area contributed by atoms with Gasteiger partial charge in [-0.2, -0.15) is 0 Å². The van der Waals surface area contributed by atoms with Crippen molar-refractivity contribution in [1.29, 1.82) is 0 Å². The first-order valence-electron chi connectivity index (χ1n) is 7.00. The van der Waals surface area contributed by atoms with Gasteiger partial charge in [-0.1, -0.05) is 32.1 Å². The molecule has 1 saturated carbocycles. The van der Waals surface area contributed by atoms with Crippen LogP contribution < -0.4 is 16.8 Å². The maximum absolute atomic E-state index is 11.9. The standard InChI is InChI=1S/C13H27N3O/c14-10-6-5-9-12(15)13(17)16-11-7-3-1-2-4-8-11/h11-12H,1-10,14-15H2,(H,16,17). The molecule has 0 aliphatic heterocycles. The Morgan fingerprint density at radius 1 is 1.18 bits per heavy atom. The number of hydrogen-bond donors (Lipinski definition) is 3. The summed E-state index contributed by atoms with van der Waals surface area (Å²) in [5.74, 6) is 0.0221. The molecule has 17 heavy (non-hydrogen) atoms. The Morgan fingerprint density at radius 3 is 2.41 bits per heavy atom. The summed E-state index contributed by atoms with van der Waals surface area (Å²) in [5, 5.41) is 3.09. The summed E-state index contributed by atoms with van der Waals surface area (Å²) >= 11 is 0. The number of nitrogens with one attached hydrogen (secondary N) is 1. The highest BCUT2D eigenvalue weighted by Gasteiger charge is 2.18. The topological polar surface area (TPSA) is 81.1 Å². The van der Waals surface area contributed by atoms with Crippen molar-refractivity contribution in [2.24, 2.45) is 11.5 Å². The molecule has 4 heteroatoms. The zero-order chi connectivity index (χ0) is 12.5. The van der Waals surface area contributed by atoms with Crippen molar-refractivity contribution in [1.82, 2.24) is 5.32 Å². The zero-order valence-electron chi connectivity index (χ0n) is 10.8. The van der Waals surface area contributed by atoms with E-state index >= 15 is 0 Å². The number of carbonyl (C=O) groups excluding carboxylic acids is 1. The van der Waals surface area contributed by atoms with E-state index in [0.717, 1.165) is 32.1 Å². The molecule has 0 heterocycles. The van der Waals surface area contributed by atoms with Crippen molar-refractivity contribution >= 4 is 5.91 Å². The third-order valence-electron chi connectivity index (χ3n) is 3.51. The van der Waals surface area contributed by atoms with Gasteiger partial charge in [0, 0.05) is 6.04 Å². The number of rotatable bonds is 6. The van der Waals surface area contributed by atoms with Crippen LogP contribution in [0.25, 0.3) is 0 Å². The minimum atomic E-state index is -0.357. The molecular formula is C13H27N3O. The van der Waals surface area contributed by atoms with Crippen LogP contribution in [-0.2, 0) is 4.79 Å². The summed E-state index contributed by atoms with van der Waals surface area (Å²) in [4.78, 5) is 11.9. The van der Waals surface area contributed by atoms with E-state index in [4.69, 9.17) is 11.5 Å². The minimum Gasteiger partial charge on any atom is -0.352 e. The summed E-state index contributed by atoms with van der Waals surface area (Å²) in [6.45, 7) is 0.678. The van der Waals surface area contributed by atoms with E-state index in [1.165, 1.54) is 25.7 Å². The molecule has 5 N–H and O–H groups in total. The van der Waals surface area contributed by atoms with Crippen LogP contribution in [0.15, 0.2) is 0 Å². The predicted molar refractivity (Wildman–Crippen MR) is 70.5 cm³/mol. The highest BCUT2D eigenvalue weighted by atomic mass is 16.2. The number of amides is 1. The molecule has 0 spiro atoms. The lowest BCUT2D eigenvalue weighted by molar-refractivity contribution is -0.123. The Labute approximate surface area is 105 Å². The van der Waals surface area contributed by atoms with Gasteiger partial charge in [-0.15, -0.1) is 0 Å². The fourth-order valence-electron chi connectivity index (χ4n) is 2.37. The van der Waals surface area contributed by atoms with E-state index < -0.39 is 0 Å². The zero-order valence-corrected chi connectivity index (χ0v) is 10.8. The molecule has 1 amide bonds. The number of hydrogen-bond acceptors (Lipinski definition) is 3. The Morgan fingerprint density at radius 2 is 1.82 bits per heavy atom. The molecule has 0 radical (unpaired) electrons. The van der Waals surface area contributed by atoms with E-state index in [1.807, 2.05) is 0 Å². The summed E-state index contributed by atoms with van der Waals surface area (Å²) in [6.07, 6.45) is 9.92. The van der Waals surface area contributed by atoms with Gasteiger partial charge in [-0.25, -0.2) is 0 Å². The summed E-state index contributed by atoms with van der Waals surface area (Å²) in [7, 11) is 0. The molecular weight excluding hydrogens is 214 g/mol. The molecule has 100 valence electrons. The van der Waals surface area contributed by atoms with Crippen LogP contribution in [0.2, 0.25) is 0 Å². The monoisotopic (exact) mass is 241 g/mol. The minimum absolute atomic E-state index is 0.0221. The fourth-order valence-corrected chi connectivity index (χ4v) is 2.37. The maximum atomic E-state index is 11.9. The van der Waals surface area contributed by atoms with Gasteiger partial charge in [0.25, 0.3) is 0 Å². The Balaban J connectivity index is 2.21. The van der Waals surface area contributed by atoms with E-state index in [0.29, 0.717) is 12.6 Å². The Kier molecular flexibility index (Phi) is 7.21. The van der Waals surface area contributed by atoms with Crippen LogP contribution in [0.1, 0.15) is 57.8 Å². The maximum Gasteiger partial charge on any atom is 0.237 e. The van der Waals surface area contributed by atoms with Crippen LogP contribution in [0.4, 0.5) is 0 Å². The summed E-state index contributed by atoms with van der Waals surface area (Å²) in [5.41, 5.74) is 11.3. The summed E-state index contributed by atoms with van der Waals surface area (Å²) in [6, 6.07) is -0.00429. The second-order valence-electron chi connectivity index (χ2n) is 5.09. The lowest BCUT2D eigenvalue weighted by Crippen LogP contribution is -2.45. The van der Waals surface area contributed by atoms with Crippen molar-refractivity contribution in [3.05, 3.63) is 0 Å². The first-order valence-corrected chi connectivity index (χ1v) is 7.00. The number of nitrogens with two attached hydrogens (primary N) is 2. The second-order valence-corrected chi connectivity index (χ2v) is 5.09. The molecule has 1 atom stereocenters. The normalized spacial score (nSPS) is 19.6.